The normalized spacial score (nSPS) is 13.9. The van der Waals surface area contributed by atoms with Crippen LogP contribution in [-0.4, -0.2) is 62.7 Å². The second-order valence-corrected chi connectivity index (χ2v) is 16.4. The molecule has 0 saturated heterocycles. The van der Waals surface area contributed by atoms with Gasteiger partial charge in [0, 0.05) is 20.3 Å². The Morgan fingerprint density at radius 3 is 1.36 bits per heavy atom. The van der Waals surface area contributed by atoms with E-state index in [0.717, 1.165) is 9.79 Å². The summed E-state index contributed by atoms with van der Waals surface area (Å²) in [5, 5.41) is -0.190. The van der Waals surface area contributed by atoms with Crippen molar-refractivity contribution in [2.24, 2.45) is 11.5 Å². The molecule has 4 aromatic carbocycles. The molecule has 0 bridgehead atoms. The Morgan fingerprint density at radius 2 is 1.02 bits per heavy atom. The average molecular weight is 717 g/mol. The van der Waals surface area contributed by atoms with Gasteiger partial charge in [-0.2, -0.15) is 16.8 Å². The summed E-state index contributed by atoms with van der Waals surface area (Å²) in [6.45, 7) is 1.05. The fraction of sp³-hybridized carbons (Fsp3) is 0.273. The van der Waals surface area contributed by atoms with Crippen LogP contribution in [0.1, 0.15) is 24.0 Å². The van der Waals surface area contributed by atoms with E-state index in [4.69, 9.17) is 20.9 Å². The first-order valence-corrected chi connectivity index (χ1v) is 19.5. The first-order chi connectivity index (χ1) is 22.5. The minimum absolute atomic E-state index is 0.0243. The van der Waals surface area contributed by atoms with Crippen LogP contribution >= 0.6 is 23.5 Å². The van der Waals surface area contributed by atoms with Gasteiger partial charge in [0.25, 0.3) is 20.2 Å². The van der Waals surface area contributed by atoms with Crippen LogP contribution in [0.3, 0.4) is 0 Å². The minimum atomic E-state index is -4.73. The fourth-order valence-corrected chi connectivity index (χ4v) is 8.76. The summed E-state index contributed by atoms with van der Waals surface area (Å²) in [7, 11) is -9.47. The zero-order valence-corrected chi connectivity index (χ0v) is 28.6. The van der Waals surface area contributed by atoms with Crippen LogP contribution in [0.4, 0.5) is 0 Å². The van der Waals surface area contributed by atoms with Gasteiger partial charge in [-0.3, -0.25) is 9.11 Å². The SMILES string of the molecule is NCCC(COc1cc2c(cc1S(=O)(=O)O)-c1cc(S(=O)(=O)O)c(OCC(CCN)Sc3ccccc3)cc1C2)Sc1ccccc1. The Labute approximate surface area is 283 Å². The van der Waals surface area contributed by atoms with Crippen molar-refractivity contribution in [1.29, 1.82) is 0 Å². The van der Waals surface area contributed by atoms with Crippen LogP contribution in [0.5, 0.6) is 11.5 Å². The highest BCUT2D eigenvalue weighted by molar-refractivity contribution is 8.00. The lowest BCUT2D eigenvalue weighted by molar-refractivity contribution is 0.304. The van der Waals surface area contributed by atoms with Gasteiger partial charge in [-0.05, 0) is 103 Å². The van der Waals surface area contributed by atoms with Gasteiger partial charge < -0.3 is 20.9 Å². The number of thioether (sulfide) groups is 2. The summed E-state index contributed by atoms with van der Waals surface area (Å²) in [6.07, 6.45) is 1.52. The van der Waals surface area contributed by atoms with Crippen LogP contribution in [0, 0.1) is 0 Å². The molecule has 2 unspecified atom stereocenters. The molecule has 0 saturated carbocycles. The van der Waals surface area contributed by atoms with Crippen molar-refractivity contribution in [3.8, 4) is 22.6 Å². The molecule has 4 aromatic rings. The second kappa shape index (κ2) is 15.4. The van der Waals surface area contributed by atoms with E-state index in [1.165, 1.54) is 12.1 Å². The molecular formula is C33H36N2O8S4. The first-order valence-electron chi connectivity index (χ1n) is 14.8. The Balaban J connectivity index is 1.43. The quantitative estimate of drug-likeness (QED) is 0.0743. The molecule has 2 atom stereocenters. The predicted molar refractivity (Wildman–Crippen MR) is 185 cm³/mol. The molecule has 0 fully saturated rings. The lowest BCUT2D eigenvalue weighted by Gasteiger charge is -2.19. The summed E-state index contributed by atoms with van der Waals surface area (Å²) in [6, 6.07) is 25.0. The van der Waals surface area contributed by atoms with Gasteiger partial charge in [0.2, 0.25) is 0 Å². The summed E-state index contributed by atoms with van der Waals surface area (Å²) < 4.78 is 82.5. The Morgan fingerprint density at radius 1 is 0.638 bits per heavy atom. The third kappa shape index (κ3) is 9.09. The third-order valence-electron chi connectivity index (χ3n) is 7.48. The second-order valence-electron chi connectivity index (χ2n) is 10.9. The zero-order valence-electron chi connectivity index (χ0n) is 25.3. The van der Waals surface area contributed by atoms with Crippen molar-refractivity contribution in [3.05, 3.63) is 96.1 Å². The monoisotopic (exact) mass is 716 g/mol. The predicted octanol–water partition coefficient (Wildman–Crippen LogP) is 5.53. The maximum Gasteiger partial charge on any atom is 0.298 e. The molecule has 1 aliphatic rings. The molecule has 0 aromatic heterocycles. The smallest absolute Gasteiger partial charge is 0.298 e. The highest BCUT2D eigenvalue weighted by Crippen LogP contribution is 2.45. The molecule has 0 aliphatic heterocycles. The van der Waals surface area contributed by atoms with E-state index in [0.29, 0.717) is 54.6 Å². The highest BCUT2D eigenvalue weighted by atomic mass is 32.2. The molecule has 0 radical (unpaired) electrons. The molecule has 6 N–H and O–H groups in total. The number of fused-ring (bicyclic) bond motifs is 3. The summed E-state index contributed by atoms with van der Waals surface area (Å²) >= 11 is 3.11. The average Bonchev–Trinajstić information content (AvgIpc) is 3.38. The van der Waals surface area contributed by atoms with E-state index in [1.54, 1.807) is 35.7 Å². The molecule has 0 heterocycles. The molecule has 1 aliphatic carbocycles. The van der Waals surface area contributed by atoms with Crippen LogP contribution in [-0.2, 0) is 26.7 Å². The summed E-state index contributed by atoms with van der Waals surface area (Å²) in [5.41, 5.74) is 13.8. The maximum absolute atomic E-state index is 12.5. The van der Waals surface area contributed by atoms with Crippen molar-refractivity contribution < 1.29 is 35.4 Å². The molecule has 14 heteroatoms. The lowest BCUT2D eigenvalue weighted by atomic mass is 10.1. The zero-order chi connectivity index (χ0) is 33.6. The molecule has 0 amide bonds. The number of ether oxygens (including phenoxy) is 2. The van der Waals surface area contributed by atoms with Crippen molar-refractivity contribution in [3.63, 3.8) is 0 Å². The van der Waals surface area contributed by atoms with E-state index in [-0.39, 0.29) is 35.2 Å². The van der Waals surface area contributed by atoms with E-state index < -0.39 is 30.0 Å². The van der Waals surface area contributed by atoms with Gasteiger partial charge in [-0.1, -0.05) is 36.4 Å². The highest BCUT2D eigenvalue weighted by Gasteiger charge is 2.30. The fourth-order valence-electron chi connectivity index (χ4n) is 5.30. The Bertz CT molecular complexity index is 1770. The standard InChI is InChI=1S/C33H36N2O8S4/c34-13-11-26(44-24-7-3-1-4-8-24)20-42-30-16-22-15-23-17-31(43-21-27(12-14-35)45-25-9-5-2-6-10-25)33(47(39,40)41)19-29(23)28(22)18-32(30)46(36,37)38/h1-10,16-19,26-27H,11-15,20-21,34-35H2,(H,36,37,38)(H,39,40,41). The minimum Gasteiger partial charge on any atom is -0.491 e. The number of rotatable bonds is 16. The number of nitrogens with two attached hydrogens (primary N) is 2. The Hall–Kier alpha value is -3.08. The van der Waals surface area contributed by atoms with Gasteiger partial charge in [-0.25, -0.2) is 0 Å². The molecule has 47 heavy (non-hydrogen) atoms. The molecule has 250 valence electrons. The van der Waals surface area contributed by atoms with Gasteiger partial charge in [0.05, 0.1) is 0 Å². The maximum atomic E-state index is 12.5. The van der Waals surface area contributed by atoms with Gasteiger partial charge in [-0.15, -0.1) is 23.5 Å². The van der Waals surface area contributed by atoms with Gasteiger partial charge >= 0.3 is 0 Å². The van der Waals surface area contributed by atoms with Crippen molar-refractivity contribution in [2.45, 2.75) is 49.3 Å². The van der Waals surface area contributed by atoms with Crippen LogP contribution in [0.2, 0.25) is 0 Å². The summed E-state index contributed by atoms with van der Waals surface area (Å²) in [4.78, 5) is 1.12. The van der Waals surface area contributed by atoms with Gasteiger partial charge in [0.1, 0.15) is 34.5 Å². The topological polar surface area (TPSA) is 179 Å². The van der Waals surface area contributed by atoms with E-state index in [9.17, 15) is 25.9 Å². The van der Waals surface area contributed by atoms with E-state index in [2.05, 4.69) is 0 Å². The van der Waals surface area contributed by atoms with E-state index in [1.807, 2.05) is 60.7 Å². The van der Waals surface area contributed by atoms with Crippen molar-refractivity contribution in [1.82, 2.24) is 0 Å². The third-order valence-corrected chi connectivity index (χ3v) is 11.7. The van der Waals surface area contributed by atoms with Crippen LogP contribution < -0.4 is 20.9 Å². The van der Waals surface area contributed by atoms with Crippen LogP contribution in [0.25, 0.3) is 11.1 Å². The summed E-state index contributed by atoms with van der Waals surface area (Å²) in [5.74, 6) is -0.0486. The van der Waals surface area contributed by atoms with Crippen molar-refractivity contribution in [2.75, 3.05) is 26.3 Å². The van der Waals surface area contributed by atoms with E-state index >= 15 is 0 Å². The lowest BCUT2D eigenvalue weighted by Crippen LogP contribution is -2.19. The Kier molecular flexibility index (Phi) is 11.6. The van der Waals surface area contributed by atoms with Gasteiger partial charge in [0.15, 0.2) is 0 Å². The largest absolute Gasteiger partial charge is 0.491 e. The number of hydrogen-bond acceptors (Lipinski definition) is 10. The number of benzene rings is 4. The first kappa shape index (κ1) is 35.2. The molecular weight excluding hydrogens is 681 g/mol. The van der Waals surface area contributed by atoms with Crippen LogP contribution in [0.15, 0.2) is 105 Å². The van der Waals surface area contributed by atoms with Crippen molar-refractivity contribution >= 4 is 43.8 Å². The molecule has 0 spiro atoms. The molecule has 10 nitrogen and oxygen atoms in total. The number of hydrogen-bond donors (Lipinski definition) is 4. The molecule has 5 rings (SSSR count).